The van der Waals surface area contributed by atoms with Gasteiger partial charge in [0.1, 0.15) is 0 Å². The van der Waals surface area contributed by atoms with Crippen LogP contribution in [-0.4, -0.2) is 49.3 Å². The highest BCUT2D eigenvalue weighted by atomic mass is 16.5. The van der Waals surface area contributed by atoms with E-state index >= 15 is 0 Å². The highest BCUT2D eigenvalue weighted by Crippen LogP contribution is 2.32. The third-order valence-electron chi connectivity index (χ3n) is 3.72. The van der Waals surface area contributed by atoms with E-state index < -0.39 is 0 Å². The van der Waals surface area contributed by atoms with E-state index in [1.807, 2.05) is 0 Å². The van der Waals surface area contributed by atoms with Gasteiger partial charge in [0.25, 0.3) is 0 Å². The van der Waals surface area contributed by atoms with Crippen molar-refractivity contribution in [2.75, 3.05) is 26.2 Å². The first-order valence-corrected chi connectivity index (χ1v) is 6.76. The van der Waals surface area contributed by atoms with Crippen LogP contribution in [0.25, 0.3) is 0 Å². The molecule has 0 amide bonds. The Hall–Kier alpha value is -0.120. The van der Waals surface area contributed by atoms with Gasteiger partial charge in [-0.3, -0.25) is 4.90 Å². The second kappa shape index (κ2) is 5.48. The second-order valence-electron chi connectivity index (χ2n) is 5.60. The molecular weight excluding hydrogens is 200 g/mol. The van der Waals surface area contributed by atoms with Crippen LogP contribution in [0.2, 0.25) is 0 Å². The summed E-state index contributed by atoms with van der Waals surface area (Å²) in [5, 5.41) is 3.64. The average Bonchev–Trinajstić information content (AvgIpc) is 2.98. The first kappa shape index (κ1) is 12.3. The molecule has 3 nitrogen and oxygen atoms in total. The number of nitrogens with zero attached hydrogens (tertiary/aromatic N) is 1. The molecule has 1 N–H and O–H groups in total. The van der Waals surface area contributed by atoms with Crippen molar-refractivity contribution in [3.8, 4) is 0 Å². The van der Waals surface area contributed by atoms with E-state index in [0.717, 1.165) is 38.1 Å². The van der Waals surface area contributed by atoms with Crippen LogP contribution in [0.15, 0.2) is 0 Å². The lowest BCUT2D eigenvalue weighted by molar-refractivity contribution is -0.0675. The van der Waals surface area contributed by atoms with Crippen LogP contribution in [0.4, 0.5) is 0 Å². The molecule has 3 heteroatoms. The molecule has 1 heterocycles. The van der Waals surface area contributed by atoms with Crippen LogP contribution in [0, 0.1) is 5.92 Å². The Labute approximate surface area is 99.5 Å². The van der Waals surface area contributed by atoms with Gasteiger partial charge in [0.15, 0.2) is 0 Å². The number of hydrogen-bond acceptors (Lipinski definition) is 3. The van der Waals surface area contributed by atoms with Crippen LogP contribution < -0.4 is 5.32 Å². The summed E-state index contributed by atoms with van der Waals surface area (Å²) < 4.78 is 5.73. The summed E-state index contributed by atoms with van der Waals surface area (Å²) in [6.07, 6.45) is 3.65. The highest BCUT2D eigenvalue weighted by Gasteiger charge is 2.27. The Balaban J connectivity index is 1.61. The van der Waals surface area contributed by atoms with Gasteiger partial charge in [-0.2, -0.15) is 0 Å². The van der Waals surface area contributed by atoms with Crippen molar-refractivity contribution >= 4 is 0 Å². The Bertz CT molecular complexity index is 208. The molecule has 2 rings (SSSR count). The molecule has 1 unspecified atom stereocenters. The lowest BCUT2D eigenvalue weighted by Crippen LogP contribution is -2.48. The number of morpholine rings is 1. The average molecular weight is 226 g/mol. The van der Waals surface area contributed by atoms with Gasteiger partial charge in [-0.25, -0.2) is 0 Å². The molecule has 0 aromatic heterocycles. The van der Waals surface area contributed by atoms with Crippen molar-refractivity contribution < 1.29 is 4.74 Å². The lowest BCUT2D eigenvalue weighted by atomic mass is 10.2. The van der Waals surface area contributed by atoms with Crippen molar-refractivity contribution in [3.63, 3.8) is 0 Å². The minimum absolute atomic E-state index is 0.393. The summed E-state index contributed by atoms with van der Waals surface area (Å²) in [7, 11) is 0. The molecule has 0 spiro atoms. The maximum absolute atomic E-state index is 5.73. The monoisotopic (exact) mass is 226 g/mol. The van der Waals surface area contributed by atoms with E-state index in [2.05, 4.69) is 31.0 Å². The molecule has 2 aliphatic rings. The van der Waals surface area contributed by atoms with E-state index in [4.69, 9.17) is 4.74 Å². The third-order valence-corrected chi connectivity index (χ3v) is 3.72. The van der Waals surface area contributed by atoms with Gasteiger partial charge in [-0.1, -0.05) is 0 Å². The molecule has 16 heavy (non-hydrogen) atoms. The number of hydrogen-bond donors (Lipinski definition) is 1. The molecule has 0 aromatic carbocycles. The van der Waals surface area contributed by atoms with Gasteiger partial charge in [0.2, 0.25) is 0 Å². The van der Waals surface area contributed by atoms with Crippen molar-refractivity contribution in [1.29, 1.82) is 0 Å². The fourth-order valence-corrected chi connectivity index (χ4v) is 2.68. The Morgan fingerprint density at radius 3 is 2.44 bits per heavy atom. The first-order valence-electron chi connectivity index (χ1n) is 6.76. The van der Waals surface area contributed by atoms with Crippen LogP contribution in [0.5, 0.6) is 0 Å². The van der Waals surface area contributed by atoms with Gasteiger partial charge in [0.05, 0.1) is 12.2 Å². The summed E-state index contributed by atoms with van der Waals surface area (Å²) in [5.41, 5.74) is 0. The molecule has 0 bridgehead atoms. The molecule has 1 saturated carbocycles. The van der Waals surface area contributed by atoms with E-state index in [9.17, 15) is 0 Å². The Morgan fingerprint density at radius 2 is 1.88 bits per heavy atom. The number of rotatable bonds is 5. The summed E-state index contributed by atoms with van der Waals surface area (Å²) in [6.45, 7) is 11.1. The molecule has 1 aliphatic carbocycles. The fraction of sp³-hybridized carbons (Fsp3) is 1.00. The minimum Gasteiger partial charge on any atom is -0.373 e. The van der Waals surface area contributed by atoms with Crippen molar-refractivity contribution in [2.45, 2.75) is 51.9 Å². The van der Waals surface area contributed by atoms with Crippen LogP contribution in [-0.2, 0) is 4.74 Å². The lowest BCUT2D eigenvalue weighted by Gasteiger charge is -2.35. The van der Waals surface area contributed by atoms with E-state index in [0.29, 0.717) is 12.2 Å². The first-order chi connectivity index (χ1) is 7.65. The van der Waals surface area contributed by atoms with Gasteiger partial charge >= 0.3 is 0 Å². The summed E-state index contributed by atoms with van der Waals surface area (Å²) in [5.74, 6) is 0.961. The van der Waals surface area contributed by atoms with Crippen LogP contribution in [0.1, 0.15) is 33.6 Å². The molecule has 3 atom stereocenters. The second-order valence-corrected chi connectivity index (χ2v) is 5.60. The van der Waals surface area contributed by atoms with Crippen molar-refractivity contribution in [3.05, 3.63) is 0 Å². The fourth-order valence-electron chi connectivity index (χ4n) is 2.68. The SMILES string of the molecule is CC(NCCN1C[C@@H](C)O[C@@H](C)C1)C1CC1. The van der Waals surface area contributed by atoms with Gasteiger partial charge in [-0.05, 0) is 39.5 Å². The van der Waals surface area contributed by atoms with Crippen molar-refractivity contribution in [1.82, 2.24) is 10.2 Å². The maximum atomic E-state index is 5.73. The zero-order valence-corrected chi connectivity index (χ0v) is 10.9. The smallest absolute Gasteiger partial charge is 0.0678 e. The van der Waals surface area contributed by atoms with E-state index in [-0.39, 0.29) is 0 Å². The normalized spacial score (nSPS) is 33.9. The highest BCUT2D eigenvalue weighted by molar-refractivity contribution is 4.83. The minimum atomic E-state index is 0.393. The van der Waals surface area contributed by atoms with Gasteiger partial charge < -0.3 is 10.1 Å². The number of ether oxygens (including phenoxy) is 1. The van der Waals surface area contributed by atoms with Gasteiger partial charge in [0, 0.05) is 32.2 Å². The molecular formula is C13H26N2O. The summed E-state index contributed by atoms with van der Waals surface area (Å²) in [4.78, 5) is 2.52. The molecule has 0 aromatic rings. The summed E-state index contributed by atoms with van der Waals surface area (Å²) in [6, 6.07) is 0.718. The van der Waals surface area contributed by atoms with E-state index in [1.165, 1.54) is 12.8 Å². The van der Waals surface area contributed by atoms with E-state index in [1.54, 1.807) is 0 Å². The van der Waals surface area contributed by atoms with Crippen LogP contribution in [0.3, 0.4) is 0 Å². The van der Waals surface area contributed by atoms with Gasteiger partial charge in [-0.15, -0.1) is 0 Å². The number of nitrogens with one attached hydrogen (secondary N) is 1. The molecule has 0 radical (unpaired) electrons. The standard InChI is InChI=1S/C13H26N2O/c1-10-8-15(9-11(2)16-10)7-6-14-12(3)13-4-5-13/h10-14H,4-9H2,1-3H3/t10-,11+,12?. The third kappa shape index (κ3) is 3.72. The quantitative estimate of drug-likeness (QED) is 0.768. The Kier molecular flexibility index (Phi) is 4.22. The predicted molar refractivity (Wildman–Crippen MR) is 66.6 cm³/mol. The maximum Gasteiger partial charge on any atom is 0.0678 e. The Morgan fingerprint density at radius 1 is 1.25 bits per heavy atom. The molecule has 1 saturated heterocycles. The largest absolute Gasteiger partial charge is 0.373 e. The molecule has 1 aliphatic heterocycles. The predicted octanol–water partition coefficient (Wildman–Crippen LogP) is 1.48. The zero-order valence-electron chi connectivity index (χ0n) is 10.9. The zero-order chi connectivity index (χ0) is 11.5. The topological polar surface area (TPSA) is 24.5 Å². The molecule has 2 fully saturated rings. The van der Waals surface area contributed by atoms with Crippen molar-refractivity contribution in [2.24, 2.45) is 5.92 Å². The van der Waals surface area contributed by atoms with Crippen LogP contribution >= 0.6 is 0 Å². The summed E-state index contributed by atoms with van der Waals surface area (Å²) >= 11 is 0. The molecule has 94 valence electrons.